The molecule has 0 atom stereocenters. The molecule has 33 heavy (non-hydrogen) atoms. The molecule has 0 saturated carbocycles. The number of anilines is 1. The van der Waals surface area contributed by atoms with Crippen molar-refractivity contribution in [3.8, 4) is 22.9 Å². The van der Waals surface area contributed by atoms with E-state index in [-0.39, 0.29) is 6.01 Å². The van der Waals surface area contributed by atoms with Gasteiger partial charge < -0.3 is 28.9 Å². The van der Waals surface area contributed by atoms with Crippen LogP contribution in [0.15, 0.2) is 34.7 Å². The Kier molecular flexibility index (Phi) is 8.12. The van der Waals surface area contributed by atoms with Crippen molar-refractivity contribution in [1.29, 1.82) is 0 Å². The number of nitrogens with two attached hydrogens (primary N) is 1. The second kappa shape index (κ2) is 11.2. The van der Waals surface area contributed by atoms with E-state index < -0.39 is 0 Å². The van der Waals surface area contributed by atoms with Crippen molar-refractivity contribution < 1.29 is 23.4 Å². The zero-order chi connectivity index (χ0) is 23.8. The van der Waals surface area contributed by atoms with Crippen LogP contribution in [0.25, 0.3) is 33.5 Å². The molecule has 4 aromatic rings. The molecular formula is C24H30N4O5. The summed E-state index contributed by atoms with van der Waals surface area (Å²) in [7, 11) is 1.31. The molecule has 5 rings (SSSR count). The maximum atomic E-state index is 8.95. The van der Waals surface area contributed by atoms with Crippen LogP contribution in [0.5, 0.6) is 11.5 Å². The van der Waals surface area contributed by atoms with Gasteiger partial charge in [0.25, 0.3) is 12.5 Å². The number of aromatic nitrogens is 3. The molecule has 2 N–H and O–H groups in total. The van der Waals surface area contributed by atoms with Crippen molar-refractivity contribution in [3.05, 3.63) is 30.3 Å². The third kappa shape index (κ3) is 5.19. The Morgan fingerprint density at radius 2 is 1.94 bits per heavy atom. The first-order valence-corrected chi connectivity index (χ1v) is 11.1. The number of fused-ring (bicyclic) bond motifs is 1. The summed E-state index contributed by atoms with van der Waals surface area (Å²) in [5.41, 5.74) is 9.92. The van der Waals surface area contributed by atoms with Crippen molar-refractivity contribution in [2.75, 3.05) is 26.1 Å². The number of hydrogen-bond acceptors (Lipinski definition) is 8. The molecule has 1 aliphatic rings. The molecule has 2 aromatic carbocycles. The number of nitrogen functional groups attached to an aromatic ring is 1. The Labute approximate surface area is 192 Å². The minimum atomic E-state index is 0.169. The summed E-state index contributed by atoms with van der Waals surface area (Å²) >= 11 is 0. The van der Waals surface area contributed by atoms with E-state index >= 15 is 0 Å². The van der Waals surface area contributed by atoms with E-state index in [1.165, 1.54) is 7.11 Å². The molecule has 0 fully saturated rings. The van der Waals surface area contributed by atoms with E-state index in [1.54, 1.807) is 0 Å². The van der Waals surface area contributed by atoms with Crippen LogP contribution in [-0.4, -0.2) is 41.3 Å². The minimum absolute atomic E-state index is 0.169. The number of benzene rings is 2. The first kappa shape index (κ1) is 23.9. The third-order valence-electron chi connectivity index (χ3n) is 4.88. The first-order valence-electron chi connectivity index (χ1n) is 11.1. The van der Waals surface area contributed by atoms with Crippen molar-refractivity contribution in [3.63, 3.8) is 0 Å². The number of oxazole rings is 1. The summed E-state index contributed by atoms with van der Waals surface area (Å²) in [4.78, 5) is 18.1. The number of rotatable bonds is 4. The van der Waals surface area contributed by atoms with Gasteiger partial charge in [0.1, 0.15) is 28.4 Å². The fourth-order valence-electron chi connectivity index (χ4n) is 3.64. The van der Waals surface area contributed by atoms with Gasteiger partial charge in [-0.15, -0.1) is 0 Å². The molecule has 0 unspecified atom stereocenters. The van der Waals surface area contributed by atoms with Crippen LogP contribution >= 0.6 is 0 Å². The molecule has 176 valence electrons. The Balaban J connectivity index is 0.000000464. The lowest BCUT2D eigenvalue weighted by molar-refractivity contribution is -0.126. The summed E-state index contributed by atoms with van der Waals surface area (Å²) in [6.07, 6.45) is 2.03. The van der Waals surface area contributed by atoms with E-state index in [0.717, 1.165) is 58.8 Å². The predicted octanol–water partition coefficient (Wildman–Crippen LogP) is 4.81. The number of carbonyl (C=O) groups excluding carboxylic acids is 1. The maximum absolute atomic E-state index is 8.95. The van der Waals surface area contributed by atoms with Gasteiger partial charge in [0, 0.05) is 24.2 Å². The number of hydrogen-bond donors (Lipinski definition) is 1. The van der Waals surface area contributed by atoms with Crippen molar-refractivity contribution >= 4 is 34.6 Å². The summed E-state index contributed by atoms with van der Waals surface area (Å²) in [6, 6.07) is 9.93. The molecule has 9 nitrogen and oxygen atoms in total. The summed E-state index contributed by atoms with van der Waals surface area (Å²) in [5.74, 6) is 2.48. The number of ether oxygens (including phenoxy) is 3. The van der Waals surface area contributed by atoms with Crippen LogP contribution in [0.3, 0.4) is 0 Å². The monoisotopic (exact) mass is 454 g/mol. The molecule has 0 saturated heterocycles. The molecule has 1 aliphatic heterocycles. The van der Waals surface area contributed by atoms with Gasteiger partial charge in [-0.05, 0) is 38.0 Å². The van der Waals surface area contributed by atoms with Gasteiger partial charge in [-0.3, -0.25) is 4.79 Å². The van der Waals surface area contributed by atoms with Gasteiger partial charge >= 0.3 is 0 Å². The minimum Gasteiger partial charge on any atom is -0.494 e. The highest BCUT2D eigenvalue weighted by Crippen LogP contribution is 2.37. The Bertz CT molecular complexity index is 1210. The number of nitrogens with zero attached hydrogens (tertiary/aromatic N) is 3. The zero-order valence-electron chi connectivity index (χ0n) is 19.5. The standard InChI is InChI=1S/C20H20N4O3.C2H4O2.C2H6/c1-2-25-13-10-15-18-17(11-13)26-8-4-3-7-24(18)19(22-15)12-5-6-16-14(9-12)23-20(21)27-16;1-4-2-3;1-2/h5-6,9-11H,2-4,7-8H2,1H3,(H2,21,23);2H,1H3;1-2H3. The molecule has 2 aromatic heterocycles. The van der Waals surface area contributed by atoms with Gasteiger partial charge in [-0.1, -0.05) is 13.8 Å². The molecule has 0 amide bonds. The zero-order valence-corrected chi connectivity index (χ0v) is 19.5. The lowest BCUT2D eigenvalue weighted by Gasteiger charge is -2.17. The molecule has 3 heterocycles. The van der Waals surface area contributed by atoms with Gasteiger partial charge in [-0.25, -0.2) is 4.98 Å². The highest BCUT2D eigenvalue weighted by atomic mass is 16.5. The van der Waals surface area contributed by atoms with Gasteiger partial charge in [-0.2, -0.15) is 4.98 Å². The van der Waals surface area contributed by atoms with Crippen molar-refractivity contribution in [2.45, 2.75) is 40.2 Å². The smallest absolute Gasteiger partial charge is 0.292 e. The van der Waals surface area contributed by atoms with Crippen LogP contribution in [0.4, 0.5) is 6.01 Å². The Hall–Kier alpha value is -3.75. The number of aryl methyl sites for hydroxylation is 1. The molecule has 0 radical (unpaired) electrons. The fraction of sp³-hybridized carbons (Fsp3) is 0.375. The predicted molar refractivity (Wildman–Crippen MR) is 127 cm³/mol. The fourth-order valence-corrected chi connectivity index (χ4v) is 3.64. The maximum Gasteiger partial charge on any atom is 0.292 e. The average molecular weight is 455 g/mol. The van der Waals surface area contributed by atoms with Crippen LogP contribution in [0, 0.1) is 0 Å². The SMILES string of the molecule is CC.CCOc1cc2c3c(c1)nc(-c1ccc4oc(N)nc4c1)n3CCCCO2.COC=O. The lowest BCUT2D eigenvalue weighted by Crippen LogP contribution is -2.09. The largest absolute Gasteiger partial charge is 0.494 e. The van der Waals surface area contributed by atoms with Crippen LogP contribution in [0.1, 0.15) is 33.6 Å². The van der Waals surface area contributed by atoms with Gasteiger partial charge in [0.15, 0.2) is 5.58 Å². The van der Waals surface area contributed by atoms with E-state index in [2.05, 4.69) is 14.3 Å². The highest BCUT2D eigenvalue weighted by molar-refractivity contribution is 5.89. The van der Waals surface area contributed by atoms with E-state index in [0.29, 0.717) is 25.3 Å². The lowest BCUT2D eigenvalue weighted by atomic mass is 10.2. The molecule has 0 spiro atoms. The number of imidazole rings is 1. The normalized spacial score (nSPS) is 12.4. The molecular weight excluding hydrogens is 424 g/mol. The summed E-state index contributed by atoms with van der Waals surface area (Å²) in [5, 5.41) is 0. The average Bonchev–Trinajstić information content (AvgIpc) is 3.37. The number of methoxy groups -OCH3 is 1. The van der Waals surface area contributed by atoms with E-state index in [9.17, 15) is 0 Å². The van der Waals surface area contributed by atoms with Crippen molar-refractivity contribution in [1.82, 2.24) is 14.5 Å². The second-order valence-corrected chi connectivity index (χ2v) is 6.93. The topological polar surface area (TPSA) is 115 Å². The van der Waals surface area contributed by atoms with Gasteiger partial charge in [0.2, 0.25) is 0 Å². The third-order valence-corrected chi connectivity index (χ3v) is 4.88. The van der Waals surface area contributed by atoms with Gasteiger partial charge in [0.05, 0.1) is 25.8 Å². The van der Waals surface area contributed by atoms with E-state index in [4.69, 9.17) is 29.4 Å². The molecule has 0 bridgehead atoms. The Morgan fingerprint density at radius 1 is 1.15 bits per heavy atom. The van der Waals surface area contributed by atoms with Crippen LogP contribution in [-0.2, 0) is 16.1 Å². The van der Waals surface area contributed by atoms with Crippen molar-refractivity contribution in [2.24, 2.45) is 0 Å². The summed E-state index contributed by atoms with van der Waals surface area (Å²) < 4.78 is 23.2. The van der Waals surface area contributed by atoms with Crippen LogP contribution < -0.4 is 15.2 Å². The number of carbonyl (C=O) groups is 1. The first-order chi connectivity index (χ1) is 16.1. The van der Waals surface area contributed by atoms with E-state index in [1.807, 2.05) is 51.1 Å². The second-order valence-electron chi connectivity index (χ2n) is 6.93. The highest BCUT2D eigenvalue weighted by Gasteiger charge is 2.20. The quantitative estimate of drug-likeness (QED) is 0.437. The Morgan fingerprint density at radius 3 is 2.67 bits per heavy atom. The molecule has 9 heteroatoms. The molecule has 0 aliphatic carbocycles. The summed E-state index contributed by atoms with van der Waals surface area (Å²) in [6.45, 7) is 8.53. The van der Waals surface area contributed by atoms with Crippen LogP contribution in [0.2, 0.25) is 0 Å².